The summed E-state index contributed by atoms with van der Waals surface area (Å²) in [6, 6.07) is 3.68. The Morgan fingerprint density at radius 2 is 1.57 bits per heavy atom. The summed E-state index contributed by atoms with van der Waals surface area (Å²) in [6.45, 7) is 0. The standard InChI is InChI=1S/C14H14F6O/c15-13(16,17)10-5-3-9(4-6-10)12(21)7-1-2-11(8-12)14(18,19)20/h3-6,11,21H,1-2,7-8H2. The quantitative estimate of drug-likeness (QED) is 0.749. The van der Waals surface area contributed by atoms with Gasteiger partial charge in [-0.1, -0.05) is 12.1 Å². The van der Waals surface area contributed by atoms with Crippen LogP contribution in [-0.2, 0) is 11.8 Å². The highest BCUT2D eigenvalue weighted by Crippen LogP contribution is 2.46. The van der Waals surface area contributed by atoms with Gasteiger partial charge in [-0.15, -0.1) is 0 Å². The first kappa shape index (κ1) is 16.1. The molecule has 1 aromatic rings. The molecule has 2 atom stereocenters. The number of benzene rings is 1. The predicted molar refractivity (Wildman–Crippen MR) is 63.4 cm³/mol. The van der Waals surface area contributed by atoms with Gasteiger partial charge in [0.15, 0.2) is 0 Å². The molecule has 1 fully saturated rings. The van der Waals surface area contributed by atoms with E-state index in [9.17, 15) is 31.4 Å². The smallest absolute Gasteiger partial charge is 0.385 e. The third-order valence-corrected chi connectivity index (χ3v) is 3.94. The molecule has 0 aliphatic heterocycles. The van der Waals surface area contributed by atoms with Crippen LogP contribution in [0.5, 0.6) is 0 Å². The Balaban J connectivity index is 2.23. The number of hydrogen-bond donors (Lipinski definition) is 1. The molecule has 21 heavy (non-hydrogen) atoms. The summed E-state index contributed by atoms with van der Waals surface area (Å²) in [5.74, 6) is -1.63. The molecule has 0 spiro atoms. The number of aliphatic hydroxyl groups is 1. The van der Waals surface area contributed by atoms with E-state index in [1.54, 1.807) is 0 Å². The maximum absolute atomic E-state index is 12.8. The fourth-order valence-corrected chi connectivity index (χ4v) is 2.76. The summed E-state index contributed by atoms with van der Waals surface area (Å²) in [6.07, 6.45) is -9.19. The number of hydrogen-bond acceptors (Lipinski definition) is 1. The minimum Gasteiger partial charge on any atom is -0.385 e. The molecule has 0 bridgehead atoms. The Labute approximate surface area is 117 Å². The van der Waals surface area contributed by atoms with Gasteiger partial charge < -0.3 is 5.11 Å². The van der Waals surface area contributed by atoms with Crippen LogP contribution in [0, 0.1) is 5.92 Å². The van der Waals surface area contributed by atoms with E-state index in [1.165, 1.54) is 0 Å². The molecule has 2 rings (SSSR count). The normalized spacial score (nSPS) is 27.7. The number of halogens is 6. The molecule has 0 heterocycles. The molecular weight excluding hydrogens is 298 g/mol. The van der Waals surface area contributed by atoms with Crippen molar-refractivity contribution in [3.63, 3.8) is 0 Å². The van der Waals surface area contributed by atoms with Crippen molar-refractivity contribution in [1.29, 1.82) is 0 Å². The Hall–Kier alpha value is -1.24. The second-order valence-electron chi connectivity index (χ2n) is 5.44. The van der Waals surface area contributed by atoms with Crippen molar-refractivity contribution in [3.8, 4) is 0 Å². The summed E-state index contributed by atoms with van der Waals surface area (Å²) in [4.78, 5) is 0. The van der Waals surface area contributed by atoms with Crippen LogP contribution in [0.4, 0.5) is 26.3 Å². The highest BCUT2D eigenvalue weighted by atomic mass is 19.4. The van der Waals surface area contributed by atoms with Gasteiger partial charge in [0.05, 0.1) is 17.1 Å². The lowest BCUT2D eigenvalue weighted by atomic mass is 9.74. The van der Waals surface area contributed by atoms with E-state index >= 15 is 0 Å². The third kappa shape index (κ3) is 3.51. The molecule has 0 radical (unpaired) electrons. The van der Waals surface area contributed by atoms with Gasteiger partial charge in [-0.3, -0.25) is 0 Å². The lowest BCUT2D eigenvalue weighted by molar-refractivity contribution is -0.201. The molecule has 2 unspecified atom stereocenters. The van der Waals surface area contributed by atoms with Crippen LogP contribution in [0.1, 0.15) is 36.8 Å². The summed E-state index contributed by atoms with van der Waals surface area (Å²) < 4.78 is 75.7. The van der Waals surface area contributed by atoms with E-state index in [2.05, 4.69) is 0 Å². The van der Waals surface area contributed by atoms with Crippen LogP contribution in [0.15, 0.2) is 24.3 Å². The maximum atomic E-state index is 12.8. The van der Waals surface area contributed by atoms with Crippen molar-refractivity contribution in [2.75, 3.05) is 0 Å². The van der Waals surface area contributed by atoms with E-state index in [-0.39, 0.29) is 24.8 Å². The molecule has 7 heteroatoms. The zero-order chi connectivity index (χ0) is 15.9. The summed E-state index contributed by atoms with van der Waals surface area (Å²) in [7, 11) is 0. The first-order valence-corrected chi connectivity index (χ1v) is 6.49. The van der Waals surface area contributed by atoms with Gasteiger partial charge in [0.2, 0.25) is 0 Å². The molecule has 0 saturated heterocycles. The maximum Gasteiger partial charge on any atom is 0.416 e. The SMILES string of the molecule is OC1(c2ccc(C(F)(F)F)cc2)CCCC(C(F)(F)F)C1. The van der Waals surface area contributed by atoms with Gasteiger partial charge in [-0.25, -0.2) is 0 Å². The van der Waals surface area contributed by atoms with Crippen molar-refractivity contribution in [3.05, 3.63) is 35.4 Å². The van der Waals surface area contributed by atoms with Crippen LogP contribution in [0.2, 0.25) is 0 Å². The highest BCUT2D eigenvalue weighted by Gasteiger charge is 2.47. The summed E-state index contributed by atoms with van der Waals surface area (Å²) in [5, 5.41) is 10.4. The van der Waals surface area contributed by atoms with Crippen LogP contribution in [0.3, 0.4) is 0 Å². The Morgan fingerprint density at radius 1 is 1.00 bits per heavy atom. The molecule has 1 saturated carbocycles. The number of rotatable bonds is 1. The average Bonchev–Trinajstić information content (AvgIpc) is 2.37. The molecule has 1 aliphatic carbocycles. The van der Waals surface area contributed by atoms with Crippen molar-refractivity contribution in [1.82, 2.24) is 0 Å². The molecular formula is C14H14F6O. The second-order valence-corrected chi connectivity index (χ2v) is 5.44. The van der Waals surface area contributed by atoms with Gasteiger partial charge in [0, 0.05) is 0 Å². The molecule has 1 aliphatic rings. The topological polar surface area (TPSA) is 20.2 Å². The largest absolute Gasteiger partial charge is 0.416 e. The fourth-order valence-electron chi connectivity index (χ4n) is 2.76. The first-order valence-electron chi connectivity index (χ1n) is 6.49. The Morgan fingerprint density at radius 3 is 2.05 bits per heavy atom. The van der Waals surface area contributed by atoms with Gasteiger partial charge in [0.1, 0.15) is 0 Å². The molecule has 0 aromatic heterocycles. The van der Waals surface area contributed by atoms with E-state index in [1.807, 2.05) is 0 Å². The first-order chi connectivity index (χ1) is 9.52. The van der Waals surface area contributed by atoms with E-state index < -0.39 is 35.9 Å². The van der Waals surface area contributed by atoms with E-state index in [4.69, 9.17) is 0 Å². The minimum atomic E-state index is -4.51. The van der Waals surface area contributed by atoms with Gasteiger partial charge in [-0.05, 0) is 43.4 Å². The lowest BCUT2D eigenvalue weighted by Crippen LogP contribution is -2.38. The van der Waals surface area contributed by atoms with Crippen molar-refractivity contribution < 1.29 is 31.4 Å². The Kier molecular flexibility index (Phi) is 3.99. The van der Waals surface area contributed by atoms with Crippen molar-refractivity contribution in [2.45, 2.75) is 43.6 Å². The van der Waals surface area contributed by atoms with Crippen molar-refractivity contribution in [2.24, 2.45) is 5.92 Å². The summed E-state index contributed by atoms with van der Waals surface area (Å²) >= 11 is 0. The lowest BCUT2D eigenvalue weighted by Gasteiger charge is -2.38. The number of alkyl halides is 6. The second kappa shape index (κ2) is 5.19. The zero-order valence-electron chi connectivity index (χ0n) is 10.9. The Bertz CT molecular complexity index is 490. The van der Waals surface area contributed by atoms with Crippen LogP contribution < -0.4 is 0 Å². The van der Waals surface area contributed by atoms with Gasteiger partial charge in [0.25, 0.3) is 0 Å². The van der Waals surface area contributed by atoms with E-state index in [0.717, 1.165) is 24.3 Å². The van der Waals surface area contributed by atoms with Crippen LogP contribution in [0.25, 0.3) is 0 Å². The summed E-state index contributed by atoms with van der Waals surface area (Å²) in [5.41, 5.74) is -2.51. The van der Waals surface area contributed by atoms with Crippen molar-refractivity contribution >= 4 is 0 Å². The third-order valence-electron chi connectivity index (χ3n) is 3.94. The van der Waals surface area contributed by atoms with Gasteiger partial charge in [-0.2, -0.15) is 26.3 Å². The van der Waals surface area contributed by atoms with Crippen LogP contribution in [-0.4, -0.2) is 11.3 Å². The molecule has 1 nitrogen and oxygen atoms in total. The van der Waals surface area contributed by atoms with Gasteiger partial charge >= 0.3 is 12.4 Å². The highest BCUT2D eigenvalue weighted by molar-refractivity contribution is 5.29. The zero-order valence-corrected chi connectivity index (χ0v) is 10.9. The average molecular weight is 312 g/mol. The monoisotopic (exact) mass is 312 g/mol. The predicted octanol–water partition coefficient (Wildman–Crippen LogP) is 4.65. The molecule has 118 valence electrons. The molecule has 1 N–H and O–H groups in total. The molecule has 1 aromatic carbocycles. The minimum absolute atomic E-state index is 0.0631. The fraction of sp³-hybridized carbons (Fsp3) is 0.571. The van der Waals surface area contributed by atoms with E-state index in [0.29, 0.717) is 0 Å². The van der Waals surface area contributed by atoms with Crippen LogP contribution >= 0.6 is 0 Å². The molecule has 0 amide bonds.